The number of aryl methyl sites for hydroxylation is 1. The standard InChI is InChI=1S/C19H23NO.BrH/c1-14(15-6-3-2-4-7-15)20-18-9-5-8-16-10-11-19(21)13-17(16)12-18;/h2-4,6-7,10-11,13-14,18,20-21H,5,8-9,12H2,1H3;1H/t14-,18-;/m1./s1. The Morgan fingerprint density at radius 3 is 2.64 bits per heavy atom. The summed E-state index contributed by atoms with van der Waals surface area (Å²) in [6, 6.07) is 17.2. The molecule has 2 aromatic rings. The summed E-state index contributed by atoms with van der Waals surface area (Å²) in [6.45, 7) is 2.23. The summed E-state index contributed by atoms with van der Waals surface area (Å²) in [7, 11) is 0. The molecule has 0 saturated heterocycles. The Balaban J connectivity index is 0.00000176. The first-order valence-corrected chi connectivity index (χ1v) is 7.84. The van der Waals surface area contributed by atoms with Gasteiger partial charge in [0, 0.05) is 12.1 Å². The summed E-state index contributed by atoms with van der Waals surface area (Å²) in [6.07, 6.45) is 4.51. The fraction of sp³-hybridized carbons (Fsp3) is 0.368. The number of hydrogen-bond donors (Lipinski definition) is 2. The highest BCUT2D eigenvalue weighted by Gasteiger charge is 2.19. The van der Waals surface area contributed by atoms with E-state index in [9.17, 15) is 5.11 Å². The summed E-state index contributed by atoms with van der Waals surface area (Å²) in [5, 5.41) is 13.5. The molecule has 0 heterocycles. The van der Waals surface area contributed by atoms with Crippen LogP contribution in [0.4, 0.5) is 0 Å². The molecular weight excluding hydrogens is 338 g/mol. The van der Waals surface area contributed by atoms with Crippen molar-refractivity contribution in [3.8, 4) is 5.75 Å². The molecule has 0 amide bonds. The van der Waals surface area contributed by atoms with Crippen LogP contribution in [0.3, 0.4) is 0 Å². The van der Waals surface area contributed by atoms with E-state index in [2.05, 4.69) is 48.6 Å². The van der Waals surface area contributed by atoms with Crippen LogP contribution in [0.15, 0.2) is 48.5 Å². The van der Waals surface area contributed by atoms with Crippen molar-refractivity contribution in [1.29, 1.82) is 0 Å². The summed E-state index contributed by atoms with van der Waals surface area (Å²) in [5.74, 6) is 0.380. The second-order valence-electron chi connectivity index (χ2n) is 6.05. The van der Waals surface area contributed by atoms with E-state index in [1.54, 1.807) is 6.07 Å². The third kappa shape index (κ3) is 4.11. The quantitative estimate of drug-likeness (QED) is 0.784. The fourth-order valence-corrected chi connectivity index (χ4v) is 3.29. The van der Waals surface area contributed by atoms with E-state index in [4.69, 9.17) is 0 Å². The number of benzene rings is 2. The van der Waals surface area contributed by atoms with Crippen LogP contribution < -0.4 is 5.32 Å². The Kier molecular flexibility index (Phi) is 6.04. The zero-order valence-electron chi connectivity index (χ0n) is 13.0. The van der Waals surface area contributed by atoms with Crippen LogP contribution in [-0.2, 0) is 12.8 Å². The maximum atomic E-state index is 9.71. The average molecular weight is 362 g/mol. The molecule has 1 aliphatic rings. The molecule has 3 rings (SSSR count). The van der Waals surface area contributed by atoms with Gasteiger partial charge in [-0.15, -0.1) is 17.0 Å². The first kappa shape index (κ1) is 17.0. The molecule has 0 unspecified atom stereocenters. The van der Waals surface area contributed by atoms with Gasteiger partial charge in [-0.25, -0.2) is 0 Å². The van der Waals surface area contributed by atoms with Gasteiger partial charge in [0.15, 0.2) is 0 Å². The van der Waals surface area contributed by atoms with Gasteiger partial charge < -0.3 is 10.4 Å². The molecule has 0 aromatic heterocycles. The maximum Gasteiger partial charge on any atom is 0.115 e. The summed E-state index contributed by atoms with van der Waals surface area (Å²) >= 11 is 0. The van der Waals surface area contributed by atoms with Crippen LogP contribution in [0.5, 0.6) is 5.75 Å². The molecule has 0 aliphatic heterocycles. The molecule has 1 aliphatic carbocycles. The molecule has 2 nitrogen and oxygen atoms in total. The van der Waals surface area contributed by atoms with Crippen molar-refractivity contribution in [1.82, 2.24) is 5.32 Å². The van der Waals surface area contributed by atoms with Gasteiger partial charge in [-0.3, -0.25) is 0 Å². The van der Waals surface area contributed by atoms with E-state index in [1.165, 1.54) is 29.5 Å². The molecule has 118 valence electrons. The molecule has 0 bridgehead atoms. The number of hydrogen-bond acceptors (Lipinski definition) is 2. The number of halogens is 1. The predicted octanol–water partition coefficient (Wildman–Crippen LogP) is 4.57. The van der Waals surface area contributed by atoms with Crippen molar-refractivity contribution < 1.29 is 5.11 Å². The molecular formula is C19H24BrNO. The first-order valence-electron chi connectivity index (χ1n) is 7.84. The fourth-order valence-electron chi connectivity index (χ4n) is 3.29. The van der Waals surface area contributed by atoms with Crippen molar-refractivity contribution >= 4 is 17.0 Å². The van der Waals surface area contributed by atoms with Gasteiger partial charge in [-0.1, -0.05) is 36.4 Å². The molecule has 22 heavy (non-hydrogen) atoms. The number of rotatable bonds is 3. The highest BCUT2D eigenvalue weighted by molar-refractivity contribution is 8.93. The lowest BCUT2D eigenvalue weighted by molar-refractivity contribution is 0.426. The largest absolute Gasteiger partial charge is 0.508 e. The predicted molar refractivity (Wildman–Crippen MR) is 96.9 cm³/mol. The Morgan fingerprint density at radius 2 is 1.86 bits per heavy atom. The zero-order chi connectivity index (χ0) is 14.7. The average Bonchev–Trinajstić information content (AvgIpc) is 2.69. The SMILES string of the molecule is Br.C[C@@H](N[C@@H]1CCCc2ccc(O)cc2C1)c1ccccc1. The summed E-state index contributed by atoms with van der Waals surface area (Å²) in [5.41, 5.74) is 4.02. The van der Waals surface area contributed by atoms with Crippen LogP contribution in [0.25, 0.3) is 0 Å². The van der Waals surface area contributed by atoms with Crippen LogP contribution in [0.1, 0.15) is 42.5 Å². The highest BCUT2D eigenvalue weighted by Crippen LogP contribution is 2.25. The van der Waals surface area contributed by atoms with Gasteiger partial charge in [-0.05, 0) is 61.4 Å². The van der Waals surface area contributed by atoms with E-state index in [0.29, 0.717) is 17.8 Å². The van der Waals surface area contributed by atoms with Crippen molar-refractivity contribution in [3.63, 3.8) is 0 Å². The van der Waals surface area contributed by atoms with Crippen molar-refractivity contribution in [3.05, 3.63) is 65.2 Å². The van der Waals surface area contributed by atoms with Gasteiger partial charge in [0.05, 0.1) is 0 Å². The Morgan fingerprint density at radius 1 is 1.09 bits per heavy atom. The molecule has 0 spiro atoms. The number of fused-ring (bicyclic) bond motifs is 1. The topological polar surface area (TPSA) is 32.3 Å². The number of phenolic OH excluding ortho intramolecular Hbond substituents is 1. The van der Waals surface area contributed by atoms with Crippen molar-refractivity contribution in [2.45, 2.75) is 44.7 Å². The van der Waals surface area contributed by atoms with Gasteiger partial charge in [0.2, 0.25) is 0 Å². The molecule has 0 fully saturated rings. The number of aromatic hydroxyl groups is 1. The normalized spacial score (nSPS) is 18.7. The first-order chi connectivity index (χ1) is 10.2. The molecule has 0 radical (unpaired) electrons. The minimum absolute atomic E-state index is 0. The molecule has 3 heteroatoms. The maximum absolute atomic E-state index is 9.71. The molecule has 2 N–H and O–H groups in total. The lowest BCUT2D eigenvalue weighted by atomic mass is 10.00. The van der Waals surface area contributed by atoms with E-state index in [1.807, 2.05) is 6.07 Å². The molecule has 2 aromatic carbocycles. The lowest BCUT2D eigenvalue weighted by Gasteiger charge is -2.23. The highest BCUT2D eigenvalue weighted by atomic mass is 79.9. The number of phenols is 1. The second-order valence-corrected chi connectivity index (χ2v) is 6.05. The van der Waals surface area contributed by atoms with Gasteiger partial charge in [0.1, 0.15) is 5.75 Å². The Labute approximate surface area is 143 Å². The van der Waals surface area contributed by atoms with Crippen molar-refractivity contribution in [2.75, 3.05) is 0 Å². The van der Waals surface area contributed by atoms with Gasteiger partial charge >= 0.3 is 0 Å². The second kappa shape index (κ2) is 7.80. The Bertz CT molecular complexity index is 600. The summed E-state index contributed by atoms with van der Waals surface area (Å²) in [4.78, 5) is 0. The van der Waals surface area contributed by atoms with E-state index < -0.39 is 0 Å². The minimum atomic E-state index is 0. The van der Waals surface area contributed by atoms with E-state index in [0.717, 1.165) is 12.8 Å². The van der Waals surface area contributed by atoms with Crippen LogP contribution >= 0.6 is 17.0 Å². The van der Waals surface area contributed by atoms with Gasteiger partial charge in [0.25, 0.3) is 0 Å². The Hall–Kier alpha value is -1.32. The zero-order valence-corrected chi connectivity index (χ0v) is 14.7. The number of nitrogens with one attached hydrogen (secondary N) is 1. The minimum Gasteiger partial charge on any atom is -0.508 e. The van der Waals surface area contributed by atoms with E-state index in [-0.39, 0.29) is 17.0 Å². The third-order valence-corrected chi connectivity index (χ3v) is 4.44. The van der Waals surface area contributed by atoms with Crippen LogP contribution in [0, 0.1) is 0 Å². The van der Waals surface area contributed by atoms with Crippen LogP contribution in [-0.4, -0.2) is 11.1 Å². The van der Waals surface area contributed by atoms with Gasteiger partial charge in [-0.2, -0.15) is 0 Å². The molecule has 2 atom stereocenters. The lowest BCUT2D eigenvalue weighted by Crippen LogP contribution is -2.32. The van der Waals surface area contributed by atoms with E-state index >= 15 is 0 Å². The smallest absolute Gasteiger partial charge is 0.115 e. The molecule has 0 saturated carbocycles. The third-order valence-electron chi connectivity index (χ3n) is 4.44. The van der Waals surface area contributed by atoms with Crippen LogP contribution in [0.2, 0.25) is 0 Å². The monoisotopic (exact) mass is 361 g/mol. The summed E-state index contributed by atoms with van der Waals surface area (Å²) < 4.78 is 0. The van der Waals surface area contributed by atoms with Crippen molar-refractivity contribution in [2.24, 2.45) is 0 Å².